The van der Waals surface area contributed by atoms with Crippen molar-refractivity contribution in [1.29, 1.82) is 0 Å². The summed E-state index contributed by atoms with van der Waals surface area (Å²) in [7, 11) is 1.68. The molecule has 7 heteroatoms. The normalized spacial score (nSPS) is 15.6. The first-order chi connectivity index (χ1) is 13.7. The van der Waals surface area contributed by atoms with E-state index in [1.54, 1.807) is 7.11 Å². The molecular weight excluding hydrogens is 479 g/mol. The lowest BCUT2D eigenvalue weighted by atomic mass is 10.2. The Kier molecular flexibility index (Phi) is 9.80. The number of hydrogen-bond donors (Lipinski definition) is 2. The molecule has 1 fully saturated rings. The number of nitrogens with zero attached hydrogens (tertiary/aromatic N) is 2. The predicted octanol–water partition coefficient (Wildman–Crippen LogP) is 4.11. The number of likely N-dealkylation sites (tertiary alicyclic amines) is 1. The molecular formula is C22H33IN4O2. The fourth-order valence-corrected chi connectivity index (χ4v) is 3.53. The summed E-state index contributed by atoms with van der Waals surface area (Å²) in [6.45, 7) is 8.52. The number of halogens is 1. The second kappa shape index (κ2) is 12.1. The lowest BCUT2D eigenvalue weighted by Crippen LogP contribution is -2.42. The molecule has 0 bridgehead atoms. The van der Waals surface area contributed by atoms with E-state index < -0.39 is 0 Å². The van der Waals surface area contributed by atoms with Crippen molar-refractivity contribution in [2.24, 2.45) is 4.99 Å². The van der Waals surface area contributed by atoms with Gasteiger partial charge in [0.2, 0.25) is 0 Å². The lowest BCUT2D eigenvalue weighted by Gasteiger charge is -2.26. The van der Waals surface area contributed by atoms with Gasteiger partial charge in [0.05, 0.1) is 19.7 Å². The number of hydrogen-bond acceptors (Lipinski definition) is 4. The Balaban J connectivity index is 0.00000300. The summed E-state index contributed by atoms with van der Waals surface area (Å²) in [5.74, 6) is 3.67. The maximum absolute atomic E-state index is 5.95. The van der Waals surface area contributed by atoms with Gasteiger partial charge in [-0.05, 0) is 69.6 Å². The summed E-state index contributed by atoms with van der Waals surface area (Å²) in [5.41, 5.74) is 1.15. The first-order valence-electron chi connectivity index (χ1n) is 10.1. The van der Waals surface area contributed by atoms with E-state index in [9.17, 15) is 0 Å². The van der Waals surface area contributed by atoms with Crippen LogP contribution in [0.15, 0.2) is 45.8 Å². The zero-order valence-electron chi connectivity index (χ0n) is 17.6. The number of aliphatic imine (C=N–C) groups is 1. The fourth-order valence-electron chi connectivity index (χ4n) is 3.53. The molecule has 2 heterocycles. The topological polar surface area (TPSA) is 62.0 Å². The van der Waals surface area contributed by atoms with Gasteiger partial charge in [-0.15, -0.1) is 24.0 Å². The molecule has 0 amide bonds. The third-order valence-corrected chi connectivity index (χ3v) is 5.06. The Labute approximate surface area is 191 Å². The van der Waals surface area contributed by atoms with Crippen LogP contribution in [0.2, 0.25) is 0 Å². The summed E-state index contributed by atoms with van der Waals surface area (Å²) in [5, 5.41) is 6.85. The molecule has 0 saturated carbocycles. The van der Waals surface area contributed by atoms with Gasteiger partial charge in [-0.25, -0.2) is 4.99 Å². The Morgan fingerprint density at radius 1 is 1.14 bits per heavy atom. The van der Waals surface area contributed by atoms with E-state index in [0.717, 1.165) is 55.0 Å². The maximum Gasteiger partial charge on any atom is 0.191 e. The maximum atomic E-state index is 5.95. The number of aryl methyl sites for hydroxylation is 1. The number of methoxy groups -OCH3 is 1. The molecule has 0 radical (unpaired) electrons. The number of benzene rings is 1. The first-order valence-corrected chi connectivity index (χ1v) is 10.1. The Morgan fingerprint density at radius 2 is 1.86 bits per heavy atom. The minimum absolute atomic E-state index is 0. The Morgan fingerprint density at radius 3 is 2.45 bits per heavy atom. The molecule has 1 aliphatic rings. The van der Waals surface area contributed by atoms with E-state index >= 15 is 0 Å². The number of rotatable bonds is 8. The van der Waals surface area contributed by atoms with Gasteiger partial charge in [0, 0.05) is 13.1 Å². The minimum Gasteiger partial charge on any atom is -0.497 e. The van der Waals surface area contributed by atoms with Crippen LogP contribution >= 0.6 is 24.0 Å². The Hall–Kier alpha value is -1.74. The number of guanidine groups is 1. The van der Waals surface area contributed by atoms with Gasteiger partial charge in [0.1, 0.15) is 17.3 Å². The van der Waals surface area contributed by atoms with E-state index in [-0.39, 0.29) is 30.0 Å². The van der Waals surface area contributed by atoms with Gasteiger partial charge < -0.3 is 19.8 Å². The van der Waals surface area contributed by atoms with Crippen molar-refractivity contribution >= 4 is 29.9 Å². The fraction of sp³-hybridized carbons (Fsp3) is 0.500. The van der Waals surface area contributed by atoms with Crippen LogP contribution in [0.25, 0.3) is 0 Å². The highest BCUT2D eigenvalue weighted by Gasteiger charge is 2.26. The van der Waals surface area contributed by atoms with Gasteiger partial charge in [-0.3, -0.25) is 4.90 Å². The summed E-state index contributed by atoms with van der Waals surface area (Å²) >= 11 is 0. The smallest absolute Gasteiger partial charge is 0.191 e. The molecule has 2 N–H and O–H groups in total. The largest absolute Gasteiger partial charge is 0.497 e. The lowest BCUT2D eigenvalue weighted by molar-refractivity contribution is 0.213. The quantitative estimate of drug-likeness (QED) is 0.317. The van der Waals surface area contributed by atoms with Gasteiger partial charge in [0.15, 0.2) is 5.96 Å². The predicted molar refractivity (Wildman–Crippen MR) is 128 cm³/mol. The van der Waals surface area contributed by atoms with Gasteiger partial charge in [-0.1, -0.05) is 12.1 Å². The standard InChI is InChI=1S/C22H32N4O2.HI/c1-4-23-22(24-15-18-8-10-19(27-3)11-9-18)25-16-20(26-13-5-6-14-26)21-12-7-17(2)28-21;/h7-12,20H,4-6,13-16H2,1-3H3,(H2,23,24,25);1H. The minimum atomic E-state index is 0. The highest BCUT2D eigenvalue weighted by Crippen LogP contribution is 2.26. The van der Waals surface area contributed by atoms with Crippen LogP contribution in [0.5, 0.6) is 5.75 Å². The van der Waals surface area contributed by atoms with Crippen molar-refractivity contribution < 1.29 is 9.15 Å². The van der Waals surface area contributed by atoms with Crippen LogP contribution in [-0.4, -0.2) is 44.1 Å². The van der Waals surface area contributed by atoms with E-state index in [2.05, 4.69) is 28.5 Å². The molecule has 1 atom stereocenters. The van der Waals surface area contributed by atoms with Crippen molar-refractivity contribution in [3.8, 4) is 5.75 Å². The summed E-state index contributed by atoms with van der Waals surface area (Å²) in [6, 6.07) is 12.4. The van der Waals surface area contributed by atoms with Crippen molar-refractivity contribution in [3.05, 3.63) is 53.5 Å². The number of nitrogens with one attached hydrogen (secondary N) is 2. The van der Waals surface area contributed by atoms with Gasteiger partial charge in [-0.2, -0.15) is 0 Å². The monoisotopic (exact) mass is 512 g/mol. The molecule has 1 aromatic heterocycles. The zero-order valence-corrected chi connectivity index (χ0v) is 19.9. The molecule has 1 saturated heterocycles. The van der Waals surface area contributed by atoms with Crippen molar-refractivity contribution in [1.82, 2.24) is 15.5 Å². The molecule has 29 heavy (non-hydrogen) atoms. The first kappa shape index (κ1) is 23.5. The molecule has 1 aliphatic heterocycles. The number of ether oxygens (including phenoxy) is 1. The van der Waals surface area contributed by atoms with Crippen molar-refractivity contribution in [3.63, 3.8) is 0 Å². The van der Waals surface area contributed by atoms with E-state index in [4.69, 9.17) is 14.1 Å². The van der Waals surface area contributed by atoms with Crippen LogP contribution in [-0.2, 0) is 6.54 Å². The van der Waals surface area contributed by atoms with Crippen LogP contribution in [0.3, 0.4) is 0 Å². The van der Waals surface area contributed by atoms with Crippen LogP contribution in [0.4, 0.5) is 0 Å². The molecule has 6 nitrogen and oxygen atoms in total. The molecule has 160 valence electrons. The van der Waals surface area contributed by atoms with E-state index in [1.165, 1.54) is 12.8 Å². The highest BCUT2D eigenvalue weighted by atomic mass is 127. The Bertz CT molecular complexity index is 754. The third kappa shape index (κ3) is 6.92. The summed E-state index contributed by atoms with van der Waals surface area (Å²) in [4.78, 5) is 7.24. The van der Waals surface area contributed by atoms with Crippen molar-refractivity contribution in [2.45, 2.75) is 39.3 Å². The molecule has 0 spiro atoms. The van der Waals surface area contributed by atoms with E-state index in [1.807, 2.05) is 37.3 Å². The average Bonchev–Trinajstić information content (AvgIpc) is 3.39. The molecule has 0 aliphatic carbocycles. The molecule has 2 aromatic rings. The summed E-state index contributed by atoms with van der Waals surface area (Å²) in [6.07, 6.45) is 2.50. The second-order valence-electron chi connectivity index (χ2n) is 7.13. The molecule has 1 aromatic carbocycles. The van der Waals surface area contributed by atoms with E-state index in [0.29, 0.717) is 6.54 Å². The average molecular weight is 512 g/mol. The highest BCUT2D eigenvalue weighted by molar-refractivity contribution is 14.0. The van der Waals surface area contributed by atoms with Gasteiger partial charge in [0.25, 0.3) is 0 Å². The molecule has 1 unspecified atom stereocenters. The SMILES string of the molecule is CCNC(=NCc1ccc(OC)cc1)NCC(c1ccc(C)o1)N1CCCC1.I. The van der Waals surface area contributed by atoms with Gasteiger partial charge >= 0.3 is 0 Å². The van der Waals surface area contributed by atoms with Crippen LogP contribution in [0.1, 0.15) is 42.9 Å². The second-order valence-corrected chi connectivity index (χ2v) is 7.13. The van der Waals surface area contributed by atoms with Crippen LogP contribution in [0, 0.1) is 6.92 Å². The summed E-state index contributed by atoms with van der Waals surface area (Å²) < 4.78 is 11.2. The number of furan rings is 1. The molecule has 3 rings (SSSR count). The van der Waals surface area contributed by atoms with Crippen LogP contribution < -0.4 is 15.4 Å². The zero-order chi connectivity index (χ0) is 19.8. The van der Waals surface area contributed by atoms with Crippen molar-refractivity contribution in [2.75, 3.05) is 33.3 Å². The third-order valence-electron chi connectivity index (χ3n) is 5.06.